The molecule has 1 aliphatic carbocycles. The van der Waals surface area contributed by atoms with E-state index in [-0.39, 0.29) is 11.5 Å². The highest BCUT2D eigenvalue weighted by molar-refractivity contribution is 5.97. The second kappa shape index (κ2) is 8.35. The molecular weight excluding hydrogens is 392 g/mol. The van der Waals surface area contributed by atoms with Gasteiger partial charge in [0.25, 0.3) is 5.91 Å². The van der Waals surface area contributed by atoms with E-state index in [4.69, 9.17) is 9.84 Å². The van der Waals surface area contributed by atoms with Crippen molar-refractivity contribution < 1.29 is 19.4 Å². The zero-order valence-corrected chi connectivity index (χ0v) is 17.6. The number of likely N-dealkylation sites (tertiary alicyclic amines) is 1. The first-order valence-electron chi connectivity index (χ1n) is 11.3. The number of fused-ring (bicyclic) bond motifs is 1. The predicted molar refractivity (Wildman–Crippen MR) is 117 cm³/mol. The number of aromatic carboxylic acids is 1. The molecule has 2 aromatic carbocycles. The molecule has 1 amide bonds. The second-order valence-corrected chi connectivity index (χ2v) is 8.87. The first kappa shape index (κ1) is 20.1. The quantitative estimate of drug-likeness (QED) is 0.785. The van der Waals surface area contributed by atoms with Crippen molar-refractivity contribution >= 4 is 11.9 Å². The largest absolute Gasteiger partial charge is 0.478 e. The second-order valence-electron chi connectivity index (χ2n) is 8.87. The first-order valence-corrected chi connectivity index (χ1v) is 11.3. The lowest BCUT2D eigenvalue weighted by atomic mass is 9.97. The Morgan fingerprint density at radius 3 is 2.42 bits per heavy atom. The molecule has 2 aliphatic heterocycles. The molecular formula is C25H28N2O4. The lowest BCUT2D eigenvalue weighted by Crippen LogP contribution is -2.46. The Balaban J connectivity index is 1.26. The molecule has 162 valence electrons. The van der Waals surface area contributed by atoms with Crippen molar-refractivity contribution in [3.8, 4) is 11.5 Å². The van der Waals surface area contributed by atoms with Crippen molar-refractivity contribution in [1.82, 2.24) is 9.80 Å². The molecule has 1 saturated carbocycles. The van der Waals surface area contributed by atoms with E-state index >= 15 is 0 Å². The summed E-state index contributed by atoms with van der Waals surface area (Å²) in [6, 6.07) is 13.0. The van der Waals surface area contributed by atoms with Gasteiger partial charge in [0.1, 0.15) is 11.5 Å². The van der Waals surface area contributed by atoms with Gasteiger partial charge in [0.15, 0.2) is 0 Å². The SMILES string of the molecule is O=C(O)c1ccc(Oc2ccc3c(c2)CCN([C@H]2CCN(C4CCCC4)C2)C3=O)cc1. The van der Waals surface area contributed by atoms with Crippen LogP contribution >= 0.6 is 0 Å². The van der Waals surface area contributed by atoms with Crippen molar-refractivity contribution in [2.45, 2.75) is 50.6 Å². The molecule has 0 radical (unpaired) electrons. The minimum atomic E-state index is -0.961. The zero-order valence-electron chi connectivity index (χ0n) is 17.6. The number of benzene rings is 2. The summed E-state index contributed by atoms with van der Waals surface area (Å²) in [6.07, 6.45) is 7.21. The molecule has 2 fully saturated rings. The number of nitrogens with zero attached hydrogens (tertiary/aromatic N) is 2. The van der Waals surface area contributed by atoms with Gasteiger partial charge >= 0.3 is 5.97 Å². The Bertz CT molecular complexity index is 982. The van der Waals surface area contributed by atoms with E-state index in [0.717, 1.165) is 49.6 Å². The van der Waals surface area contributed by atoms with Crippen LogP contribution in [0.2, 0.25) is 0 Å². The minimum absolute atomic E-state index is 0.136. The van der Waals surface area contributed by atoms with Gasteiger partial charge in [-0.1, -0.05) is 12.8 Å². The molecule has 6 nitrogen and oxygen atoms in total. The summed E-state index contributed by atoms with van der Waals surface area (Å²) in [7, 11) is 0. The van der Waals surface area contributed by atoms with E-state index in [1.165, 1.54) is 37.8 Å². The van der Waals surface area contributed by atoms with Gasteiger partial charge in [0.05, 0.1) is 5.56 Å². The summed E-state index contributed by atoms with van der Waals surface area (Å²) in [4.78, 5) is 28.9. The zero-order chi connectivity index (χ0) is 21.4. The van der Waals surface area contributed by atoms with Gasteiger partial charge in [-0.3, -0.25) is 9.69 Å². The maximum absolute atomic E-state index is 13.2. The van der Waals surface area contributed by atoms with Gasteiger partial charge < -0.3 is 14.7 Å². The Kier molecular flexibility index (Phi) is 5.40. The van der Waals surface area contributed by atoms with E-state index in [0.29, 0.717) is 17.5 Å². The number of carboxylic acids is 1. The van der Waals surface area contributed by atoms with E-state index in [2.05, 4.69) is 9.80 Å². The topological polar surface area (TPSA) is 70.1 Å². The maximum Gasteiger partial charge on any atom is 0.335 e. The number of carbonyl (C=O) groups excluding carboxylic acids is 1. The maximum atomic E-state index is 13.2. The molecule has 2 heterocycles. The van der Waals surface area contributed by atoms with Crippen LogP contribution in [-0.2, 0) is 6.42 Å². The van der Waals surface area contributed by atoms with E-state index in [1.54, 1.807) is 12.1 Å². The summed E-state index contributed by atoms with van der Waals surface area (Å²) < 4.78 is 5.89. The van der Waals surface area contributed by atoms with Gasteiger partial charge in [0, 0.05) is 37.3 Å². The van der Waals surface area contributed by atoms with Crippen LogP contribution in [-0.4, -0.2) is 58.5 Å². The van der Waals surface area contributed by atoms with E-state index < -0.39 is 5.97 Å². The molecule has 1 N–H and O–H groups in total. The monoisotopic (exact) mass is 420 g/mol. The average molecular weight is 421 g/mol. The van der Waals surface area contributed by atoms with Crippen LogP contribution in [0.1, 0.15) is 58.4 Å². The van der Waals surface area contributed by atoms with E-state index in [9.17, 15) is 9.59 Å². The van der Waals surface area contributed by atoms with Gasteiger partial charge in [-0.05, 0) is 73.7 Å². The van der Waals surface area contributed by atoms with E-state index in [1.807, 2.05) is 18.2 Å². The van der Waals surface area contributed by atoms with Crippen molar-refractivity contribution in [3.63, 3.8) is 0 Å². The third-order valence-corrected chi connectivity index (χ3v) is 7.00. The van der Waals surface area contributed by atoms with Gasteiger partial charge in [-0.15, -0.1) is 0 Å². The number of ether oxygens (including phenoxy) is 1. The molecule has 3 aliphatic rings. The Morgan fingerprint density at radius 1 is 0.935 bits per heavy atom. The van der Waals surface area contributed by atoms with Crippen LogP contribution in [0.25, 0.3) is 0 Å². The number of amides is 1. The fourth-order valence-corrected chi connectivity index (χ4v) is 5.32. The number of rotatable bonds is 5. The summed E-state index contributed by atoms with van der Waals surface area (Å²) in [6.45, 7) is 2.88. The van der Waals surface area contributed by atoms with Gasteiger partial charge in [0.2, 0.25) is 0 Å². The molecule has 31 heavy (non-hydrogen) atoms. The molecule has 1 atom stereocenters. The number of carboxylic acid groups (broad SMARTS) is 1. The van der Waals surface area contributed by atoms with Gasteiger partial charge in [-0.25, -0.2) is 4.79 Å². The van der Waals surface area contributed by atoms with Crippen LogP contribution in [0.5, 0.6) is 11.5 Å². The Hall–Kier alpha value is -2.86. The molecule has 2 aromatic rings. The molecule has 5 rings (SSSR count). The number of carbonyl (C=O) groups is 2. The normalized spacial score (nSPS) is 22.0. The lowest BCUT2D eigenvalue weighted by molar-refractivity contribution is 0.0656. The standard InChI is InChI=1S/C25H28N2O4/c28-24-23-10-9-22(31-21-7-5-17(6-8-21)25(29)30)15-18(23)11-14-27(24)20-12-13-26(16-20)19-3-1-2-4-19/h5-10,15,19-20H,1-4,11-14,16H2,(H,29,30)/t20-/m0/s1. The van der Waals surface area contributed by atoms with Crippen LogP contribution in [0, 0.1) is 0 Å². The van der Waals surface area contributed by atoms with Crippen LogP contribution in [0.15, 0.2) is 42.5 Å². The number of hydrogen-bond acceptors (Lipinski definition) is 4. The third kappa shape index (κ3) is 4.04. The average Bonchev–Trinajstić information content (AvgIpc) is 3.46. The lowest BCUT2D eigenvalue weighted by Gasteiger charge is -2.34. The van der Waals surface area contributed by atoms with Crippen molar-refractivity contribution in [2.24, 2.45) is 0 Å². The summed E-state index contributed by atoms with van der Waals surface area (Å²) in [5.41, 5.74) is 2.02. The third-order valence-electron chi connectivity index (χ3n) is 7.00. The molecule has 0 spiro atoms. The summed E-state index contributed by atoms with van der Waals surface area (Å²) >= 11 is 0. The highest BCUT2D eigenvalue weighted by atomic mass is 16.5. The number of hydrogen-bond donors (Lipinski definition) is 1. The smallest absolute Gasteiger partial charge is 0.335 e. The molecule has 6 heteroatoms. The molecule has 1 saturated heterocycles. The van der Waals surface area contributed by atoms with Crippen LogP contribution < -0.4 is 4.74 Å². The molecule has 0 bridgehead atoms. The first-order chi connectivity index (χ1) is 15.1. The van der Waals surface area contributed by atoms with Crippen molar-refractivity contribution in [1.29, 1.82) is 0 Å². The Morgan fingerprint density at radius 2 is 1.68 bits per heavy atom. The summed E-state index contributed by atoms with van der Waals surface area (Å²) in [5.74, 6) is 0.414. The van der Waals surface area contributed by atoms with Crippen LogP contribution in [0.4, 0.5) is 0 Å². The van der Waals surface area contributed by atoms with Crippen molar-refractivity contribution in [2.75, 3.05) is 19.6 Å². The highest BCUT2D eigenvalue weighted by Crippen LogP contribution is 2.32. The molecule has 0 aromatic heterocycles. The fraction of sp³-hybridized carbons (Fsp3) is 0.440. The summed E-state index contributed by atoms with van der Waals surface area (Å²) in [5, 5.41) is 9.01. The fourth-order valence-electron chi connectivity index (χ4n) is 5.32. The minimum Gasteiger partial charge on any atom is -0.478 e. The Labute approximate surface area is 182 Å². The van der Waals surface area contributed by atoms with Crippen LogP contribution in [0.3, 0.4) is 0 Å². The highest BCUT2D eigenvalue weighted by Gasteiger charge is 2.36. The predicted octanol–water partition coefficient (Wildman–Crippen LogP) is 4.19. The molecule has 0 unspecified atom stereocenters. The van der Waals surface area contributed by atoms with Gasteiger partial charge in [-0.2, -0.15) is 0 Å². The van der Waals surface area contributed by atoms with Crippen molar-refractivity contribution in [3.05, 3.63) is 59.2 Å².